The summed E-state index contributed by atoms with van der Waals surface area (Å²) in [6.07, 6.45) is 51.6. The quantitative estimate of drug-likeness (QED) is 0.0437. The lowest BCUT2D eigenvalue weighted by molar-refractivity contribution is -0.177. The van der Waals surface area contributed by atoms with E-state index < -0.39 is 0 Å². The van der Waals surface area contributed by atoms with E-state index in [1.54, 1.807) is 0 Å². The summed E-state index contributed by atoms with van der Waals surface area (Å²) in [7, 11) is 0. The second kappa shape index (κ2) is 31.2. The zero-order chi connectivity index (χ0) is 30.9. The molecular formula is C40H71ClO2. The van der Waals surface area contributed by atoms with E-state index in [9.17, 15) is 0 Å². The van der Waals surface area contributed by atoms with Gasteiger partial charge >= 0.3 is 0 Å². The molecule has 1 saturated heterocycles. The highest BCUT2D eigenvalue weighted by Crippen LogP contribution is 2.35. The van der Waals surface area contributed by atoms with Gasteiger partial charge in [-0.3, -0.25) is 0 Å². The number of allylic oxidation sites excluding steroid dienone is 8. The van der Waals surface area contributed by atoms with E-state index in [0.29, 0.717) is 12.5 Å². The number of rotatable bonds is 31. The highest BCUT2D eigenvalue weighted by molar-refractivity contribution is 6.18. The van der Waals surface area contributed by atoms with Crippen molar-refractivity contribution in [3.8, 4) is 0 Å². The molecule has 43 heavy (non-hydrogen) atoms. The van der Waals surface area contributed by atoms with E-state index in [1.165, 1.54) is 141 Å². The van der Waals surface area contributed by atoms with Crippen molar-refractivity contribution in [2.75, 3.05) is 12.5 Å². The molecule has 3 heteroatoms. The van der Waals surface area contributed by atoms with E-state index >= 15 is 0 Å². The Balaban J connectivity index is 2.04. The molecule has 0 aromatic rings. The summed E-state index contributed by atoms with van der Waals surface area (Å²) in [4.78, 5) is 0. The summed E-state index contributed by atoms with van der Waals surface area (Å²) in [5.74, 6) is 0.166. The Bertz CT molecular complexity index is 647. The molecule has 0 saturated carbocycles. The maximum Gasteiger partial charge on any atom is 0.168 e. The maximum absolute atomic E-state index is 6.37. The van der Waals surface area contributed by atoms with Gasteiger partial charge in [0.15, 0.2) is 5.79 Å². The van der Waals surface area contributed by atoms with Crippen LogP contribution in [0.15, 0.2) is 48.6 Å². The monoisotopic (exact) mass is 619 g/mol. The molecule has 0 radical (unpaired) electrons. The Hall–Kier alpha value is -0.830. The van der Waals surface area contributed by atoms with Crippen LogP contribution in [0.4, 0.5) is 0 Å². The summed E-state index contributed by atoms with van der Waals surface area (Å²) in [5.41, 5.74) is 0. The molecule has 0 bridgehead atoms. The predicted molar refractivity (Wildman–Crippen MR) is 192 cm³/mol. The third-order valence-electron chi connectivity index (χ3n) is 8.60. The summed E-state index contributed by atoms with van der Waals surface area (Å²) in [5, 5.41) is 0. The second-order valence-electron chi connectivity index (χ2n) is 12.8. The first-order valence-electron chi connectivity index (χ1n) is 18.7. The first-order valence-corrected chi connectivity index (χ1v) is 19.3. The molecule has 0 aliphatic carbocycles. The van der Waals surface area contributed by atoms with Crippen LogP contribution >= 0.6 is 11.6 Å². The fourth-order valence-electron chi connectivity index (χ4n) is 5.84. The van der Waals surface area contributed by atoms with Gasteiger partial charge in [0.1, 0.15) is 0 Å². The highest BCUT2D eigenvalue weighted by Gasteiger charge is 2.40. The van der Waals surface area contributed by atoms with Crippen molar-refractivity contribution in [3.63, 3.8) is 0 Å². The Labute approximate surface area is 274 Å². The number of halogens is 1. The number of ether oxygens (including phenoxy) is 2. The van der Waals surface area contributed by atoms with Crippen molar-refractivity contribution in [1.29, 1.82) is 0 Å². The molecule has 0 spiro atoms. The zero-order valence-corrected chi connectivity index (χ0v) is 29.4. The SMILES string of the molecule is CCCCC/C=C\C/C=C\CCCCCCCCC1(CCCCCCCC/C=C\C/C=C\CCCCC)OC[C@@H](CCl)O1. The van der Waals surface area contributed by atoms with Gasteiger partial charge in [-0.1, -0.05) is 140 Å². The Kier molecular flexibility index (Phi) is 29.1. The predicted octanol–water partition coefficient (Wildman–Crippen LogP) is 13.7. The van der Waals surface area contributed by atoms with Gasteiger partial charge in [0.25, 0.3) is 0 Å². The molecule has 250 valence electrons. The summed E-state index contributed by atoms with van der Waals surface area (Å²) in [6.45, 7) is 5.19. The minimum absolute atomic E-state index is 0.0656. The van der Waals surface area contributed by atoms with Crippen molar-refractivity contribution < 1.29 is 9.47 Å². The molecule has 1 rings (SSSR count). The second-order valence-corrected chi connectivity index (χ2v) is 13.1. The zero-order valence-electron chi connectivity index (χ0n) is 28.7. The largest absolute Gasteiger partial charge is 0.347 e. The maximum atomic E-state index is 6.37. The third-order valence-corrected chi connectivity index (χ3v) is 8.95. The molecule has 1 aliphatic rings. The molecule has 1 heterocycles. The van der Waals surface area contributed by atoms with E-state index in [2.05, 4.69) is 62.5 Å². The van der Waals surface area contributed by atoms with Crippen LogP contribution in [0, 0.1) is 0 Å². The molecule has 1 fully saturated rings. The molecule has 0 aromatic carbocycles. The van der Waals surface area contributed by atoms with Gasteiger partial charge in [-0.05, 0) is 77.0 Å². The highest BCUT2D eigenvalue weighted by atomic mass is 35.5. The summed E-state index contributed by atoms with van der Waals surface area (Å²) >= 11 is 6.12. The average Bonchev–Trinajstić information content (AvgIpc) is 3.44. The Morgan fingerprint density at radius 2 is 0.884 bits per heavy atom. The van der Waals surface area contributed by atoms with E-state index in [1.807, 2.05) is 0 Å². The molecule has 1 aliphatic heterocycles. The van der Waals surface area contributed by atoms with Crippen LogP contribution in [-0.2, 0) is 9.47 Å². The average molecular weight is 619 g/mol. The van der Waals surface area contributed by atoms with Gasteiger partial charge in [-0.25, -0.2) is 0 Å². The fourth-order valence-corrected chi connectivity index (χ4v) is 6.00. The number of hydrogen-bond acceptors (Lipinski definition) is 2. The van der Waals surface area contributed by atoms with Gasteiger partial charge < -0.3 is 9.47 Å². The van der Waals surface area contributed by atoms with Gasteiger partial charge in [0.2, 0.25) is 0 Å². The topological polar surface area (TPSA) is 18.5 Å². The minimum Gasteiger partial charge on any atom is -0.347 e. The lowest BCUT2D eigenvalue weighted by Gasteiger charge is -2.28. The molecule has 1 atom stereocenters. The van der Waals surface area contributed by atoms with Crippen molar-refractivity contribution in [2.24, 2.45) is 0 Å². The van der Waals surface area contributed by atoms with Gasteiger partial charge in [0, 0.05) is 12.8 Å². The van der Waals surface area contributed by atoms with Crippen molar-refractivity contribution in [2.45, 2.75) is 193 Å². The third kappa shape index (κ3) is 25.1. The smallest absolute Gasteiger partial charge is 0.168 e. The molecule has 2 nitrogen and oxygen atoms in total. The fraction of sp³-hybridized carbons (Fsp3) is 0.800. The van der Waals surface area contributed by atoms with Gasteiger partial charge in [-0.15, -0.1) is 11.6 Å². The van der Waals surface area contributed by atoms with Crippen LogP contribution in [0.2, 0.25) is 0 Å². The van der Waals surface area contributed by atoms with Crippen molar-refractivity contribution in [3.05, 3.63) is 48.6 Å². The lowest BCUT2D eigenvalue weighted by Crippen LogP contribution is -2.31. The normalized spacial score (nSPS) is 17.1. The Morgan fingerprint density at radius 3 is 1.26 bits per heavy atom. The Morgan fingerprint density at radius 1 is 0.512 bits per heavy atom. The molecule has 0 unspecified atom stereocenters. The number of hydrogen-bond donors (Lipinski definition) is 0. The van der Waals surface area contributed by atoms with E-state index in [4.69, 9.17) is 21.1 Å². The lowest BCUT2D eigenvalue weighted by atomic mass is 9.98. The summed E-state index contributed by atoms with van der Waals surface area (Å²) < 4.78 is 12.6. The molecule has 0 N–H and O–H groups in total. The van der Waals surface area contributed by atoms with Crippen LogP contribution in [0.1, 0.15) is 181 Å². The number of alkyl halides is 1. The van der Waals surface area contributed by atoms with Crippen molar-refractivity contribution >= 4 is 11.6 Å². The van der Waals surface area contributed by atoms with Crippen LogP contribution in [-0.4, -0.2) is 24.4 Å². The van der Waals surface area contributed by atoms with Crippen LogP contribution < -0.4 is 0 Å². The van der Waals surface area contributed by atoms with Gasteiger partial charge in [0.05, 0.1) is 18.6 Å². The number of unbranched alkanes of at least 4 members (excludes halogenated alkanes) is 18. The minimum atomic E-state index is -0.371. The molecular weight excluding hydrogens is 548 g/mol. The van der Waals surface area contributed by atoms with Crippen LogP contribution in [0.3, 0.4) is 0 Å². The van der Waals surface area contributed by atoms with Crippen molar-refractivity contribution in [1.82, 2.24) is 0 Å². The first kappa shape index (κ1) is 40.2. The van der Waals surface area contributed by atoms with E-state index in [-0.39, 0.29) is 11.9 Å². The van der Waals surface area contributed by atoms with Gasteiger partial charge in [-0.2, -0.15) is 0 Å². The molecule has 0 aromatic heterocycles. The molecule has 0 amide bonds. The van der Waals surface area contributed by atoms with E-state index in [0.717, 1.165) is 25.7 Å². The van der Waals surface area contributed by atoms with Crippen LogP contribution in [0.5, 0.6) is 0 Å². The standard InChI is InChI=1S/C40H71ClO2/c1-3-5-7-9-11-13-15-17-19-21-23-25-27-29-31-33-35-40(42-38-39(37-41)43-40)36-34-32-30-28-26-24-22-20-18-16-14-12-10-8-6-4-2/h11-14,17-20,39H,3-10,15-16,21-38H2,1-2H3/b13-11-,14-12-,19-17-,20-18-/t39-/m1/s1. The first-order chi connectivity index (χ1) is 21.3. The summed E-state index contributed by atoms with van der Waals surface area (Å²) in [6, 6.07) is 0. The van der Waals surface area contributed by atoms with Crippen LogP contribution in [0.25, 0.3) is 0 Å².